The molecular formula is C16H11BrN2O3S. The summed E-state index contributed by atoms with van der Waals surface area (Å²) < 4.78 is 6.07. The maximum atomic E-state index is 12.8. The Morgan fingerprint density at radius 2 is 2.09 bits per heavy atom. The highest BCUT2D eigenvalue weighted by molar-refractivity contribution is 9.10. The van der Waals surface area contributed by atoms with Crippen LogP contribution in [-0.2, 0) is 9.59 Å². The van der Waals surface area contributed by atoms with Crippen molar-refractivity contribution < 1.29 is 14.0 Å². The number of aryl methyl sites for hydroxylation is 1. The van der Waals surface area contributed by atoms with Crippen molar-refractivity contribution in [1.29, 1.82) is 0 Å². The maximum Gasteiger partial charge on any atom is 0.270 e. The monoisotopic (exact) mass is 390 g/mol. The predicted octanol–water partition coefficient (Wildman–Crippen LogP) is 3.18. The van der Waals surface area contributed by atoms with Crippen LogP contribution in [0.25, 0.3) is 6.08 Å². The Kier molecular flexibility index (Phi) is 4.14. The molecule has 116 valence electrons. The largest absolute Gasteiger partial charge is 0.465 e. The van der Waals surface area contributed by atoms with Gasteiger partial charge >= 0.3 is 0 Å². The molecule has 1 N–H and O–H groups in total. The Hall–Kier alpha value is -2.25. The third kappa shape index (κ3) is 2.97. The second kappa shape index (κ2) is 6.10. The summed E-state index contributed by atoms with van der Waals surface area (Å²) in [5.74, 6) is -0.605. The van der Waals surface area contributed by atoms with Gasteiger partial charge in [0.1, 0.15) is 11.3 Å². The second-order valence-corrected chi connectivity index (χ2v) is 6.21. The van der Waals surface area contributed by atoms with Gasteiger partial charge in [-0.3, -0.25) is 19.8 Å². The summed E-state index contributed by atoms with van der Waals surface area (Å²) in [7, 11) is 0. The van der Waals surface area contributed by atoms with Crippen LogP contribution in [0.15, 0.2) is 51.1 Å². The molecule has 23 heavy (non-hydrogen) atoms. The number of anilines is 1. The van der Waals surface area contributed by atoms with Gasteiger partial charge in [-0.05, 0) is 61.1 Å². The number of benzene rings is 1. The van der Waals surface area contributed by atoms with Crippen LogP contribution in [0.4, 0.5) is 5.69 Å². The molecule has 0 saturated carbocycles. The Labute approximate surface area is 146 Å². The van der Waals surface area contributed by atoms with Crippen LogP contribution in [-0.4, -0.2) is 16.9 Å². The average Bonchev–Trinajstić information content (AvgIpc) is 2.98. The minimum absolute atomic E-state index is 0.0316. The molecule has 5 nitrogen and oxygen atoms in total. The summed E-state index contributed by atoms with van der Waals surface area (Å²) >= 11 is 8.55. The fraction of sp³-hybridized carbons (Fsp3) is 0.0625. The van der Waals surface area contributed by atoms with Crippen LogP contribution in [0.3, 0.4) is 0 Å². The fourth-order valence-electron chi connectivity index (χ4n) is 2.26. The molecule has 2 aromatic rings. The Morgan fingerprint density at radius 1 is 1.30 bits per heavy atom. The quantitative estimate of drug-likeness (QED) is 0.485. The van der Waals surface area contributed by atoms with Crippen LogP contribution in [0.2, 0.25) is 0 Å². The first kappa shape index (κ1) is 15.6. The van der Waals surface area contributed by atoms with E-state index in [-0.39, 0.29) is 10.7 Å². The summed E-state index contributed by atoms with van der Waals surface area (Å²) in [5.41, 5.74) is 1.44. The third-order valence-corrected chi connectivity index (χ3v) is 4.11. The topological polar surface area (TPSA) is 62.6 Å². The SMILES string of the molecule is Cc1cc(Br)ccc1N1C(=O)/C(=C/c2ccco2)C(=O)NC1=S. The van der Waals surface area contributed by atoms with Crippen molar-refractivity contribution in [1.82, 2.24) is 5.32 Å². The number of hydrogen-bond donors (Lipinski definition) is 1. The molecule has 0 bridgehead atoms. The molecule has 0 radical (unpaired) electrons. The second-order valence-electron chi connectivity index (χ2n) is 4.90. The highest BCUT2D eigenvalue weighted by atomic mass is 79.9. The van der Waals surface area contributed by atoms with Gasteiger partial charge in [0.2, 0.25) is 0 Å². The lowest BCUT2D eigenvalue weighted by Gasteiger charge is -2.29. The van der Waals surface area contributed by atoms with E-state index in [1.807, 2.05) is 19.1 Å². The van der Waals surface area contributed by atoms with E-state index in [0.29, 0.717) is 11.4 Å². The lowest BCUT2D eigenvalue weighted by molar-refractivity contribution is -0.122. The van der Waals surface area contributed by atoms with Gasteiger partial charge in [-0.15, -0.1) is 0 Å². The molecule has 1 aromatic carbocycles. The molecule has 1 fully saturated rings. The smallest absolute Gasteiger partial charge is 0.270 e. The van der Waals surface area contributed by atoms with Gasteiger partial charge in [0.15, 0.2) is 5.11 Å². The molecule has 0 aliphatic carbocycles. The highest BCUT2D eigenvalue weighted by Crippen LogP contribution is 2.27. The molecule has 7 heteroatoms. The van der Waals surface area contributed by atoms with E-state index in [9.17, 15) is 9.59 Å². The van der Waals surface area contributed by atoms with Gasteiger partial charge in [0, 0.05) is 4.47 Å². The first-order valence-electron chi connectivity index (χ1n) is 6.68. The molecule has 0 spiro atoms. The molecule has 3 rings (SSSR count). The first-order valence-corrected chi connectivity index (χ1v) is 7.88. The van der Waals surface area contributed by atoms with Gasteiger partial charge in [0.05, 0.1) is 12.0 Å². The summed E-state index contributed by atoms with van der Waals surface area (Å²) in [4.78, 5) is 26.2. The Bertz CT molecular complexity index is 843. The van der Waals surface area contributed by atoms with Crippen LogP contribution in [0.5, 0.6) is 0 Å². The third-order valence-electron chi connectivity index (χ3n) is 3.33. The van der Waals surface area contributed by atoms with Gasteiger partial charge in [0.25, 0.3) is 11.8 Å². The summed E-state index contributed by atoms with van der Waals surface area (Å²) in [6.07, 6.45) is 2.87. The molecule has 2 heterocycles. The number of amides is 2. The fourth-order valence-corrected chi connectivity index (χ4v) is 3.01. The zero-order valence-electron chi connectivity index (χ0n) is 12.0. The van der Waals surface area contributed by atoms with Gasteiger partial charge in [-0.25, -0.2) is 0 Å². The molecular weight excluding hydrogens is 380 g/mol. The summed E-state index contributed by atoms with van der Waals surface area (Å²) in [5, 5.41) is 2.60. The molecule has 2 amide bonds. The van der Waals surface area contributed by atoms with Crippen molar-refractivity contribution in [2.75, 3.05) is 4.90 Å². The number of hydrogen-bond acceptors (Lipinski definition) is 4. The van der Waals surface area contributed by atoms with E-state index in [1.165, 1.54) is 17.2 Å². The van der Waals surface area contributed by atoms with Crippen LogP contribution in [0, 0.1) is 6.92 Å². The normalized spacial score (nSPS) is 16.9. The number of carbonyl (C=O) groups is 2. The van der Waals surface area contributed by atoms with E-state index in [1.54, 1.807) is 18.2 Å². The molecule has 0 atom stereocenters. The number of thiocarbonyl (C=S) groups is 1. The van der Waals surface area contributed by atoms with E-state index in [0.717, 1.165) is 10.0 Å². The number of rotatable bonds is 2. The van der Waals surface area contributed by atoms with Crippen molar-refractivity contribution in [3.05, 3.63) is 58.0 Å². The number of nitrogens with zero attached hydrogens (tertiary/aromatic N) is 1. The molecule has 1 aliphatic rings. The van der Waals surface area contributed by atoms with Gasteiger partial charge in [-0.2, -0.15) is 0 Å². The van der Waals surface area contributed by atoms with E-state index < -0.39 is 11.8 Å². The number of carbonyl (C=O) groups excluding carboxylic acids is 2. The molecule has 1 saturated heterocycles. The van der Waals surface area contributed by atoms with Crippen LogP contribution >= 0.6 is 28.1 Å². The molecule has 0 unspecified atom stereocenters. The zero-order chi connectivity index (χ0) is 16.6. The standard InChI is InChI=1S/C16H11BrN2O3S/c1-9-7-10(17)4-5-13(9)19-15(21)12(14(20)18-16(19)23)8-11-3-2-6-22-11/h2-8H,1H3,(H,18,20,23)/b12-8+. The number of halogens is 1. The zero-order valence-corrected chi connectivity index (χ0v) is 14.4. The Balaban J connectivity index is 2.05. The van der Waals surface area contributed by atoms with Crippen molar-refractivity contribution in [2.24, 2.45) is 0 Å². The van der Waals surface area contributed by atoms with Crippen molar-refractivity contribution in [3.8, 4) is 0 Å². The van der Waals surface area contributed by atoms with Gasteiger partial charge < -0.3 is 4.42 Å². The van der Waals surface area contributed by atoms with E-state index in [2.05, 4.69) is 21.2 Å². The van der Waals surface area contributed by atoms with Crippen molar-refractivity contribution in [2.45, 2.75) is 6.92 Å². The van der Waals surface area contributed by atoms with Gasteiger partial charge in [-0.1, -0.05) is 15.9 Å². The minimum atomic E-state index is -0.539. The van der Waals surface area contributed by atoms with E-state index in [4.69, 9.17) is 16.6 Å². The number of furan rings is 1. The predicted molar refractivity (Wildman–Crippen MR) is 93.8 cm³/mol. The Morgan fingerprint density at radius 3 is 2.74 bits per heavy atom. The first-order chi connectivity index (χ1) is 11.0. The summed E-state index contributed by atoms with van der Waals surface area (Å²) in [6, 6.07) is 8.79. The molecule has 1 aromatic heterocycles. The summed E-state index contributed by atoms with van der Waals surface area (Å²) in [6.45, 7) is 1.86. The lowest BCUT2D eigenvalue weighted by Crippen LogP contribution is -2.54. The maximum absolute atomic E-state index is 12.8. The average molecular weight is 391 g/mol. The van der Waals surface area contributed by atoms with Crippen molar-refractivity contribution in [3.63, 3.8) is 0 Å². The van der Waals surface area contributed by atoms with Crippen LogP contribution in [0.1, 0.15) is 11.3 Å². The number of nitrogens with one attached hydrogen (secondary N) is 1. The van der Waals surface area contributed by atoms with Crippen LogP contribution < -0.4 is 10.2 Å². The van der Waals surface area contributed by atoms with Crippen molar-refractivity contribution >= 4 is 56.8 Å². The van der Waals surface area contributed by atoms with E-state index >= 15 is 0 Å². The molecule has 1 aliphatic heterocycles. The highest BCUT2D eigenvalue weighted by Gasteiger charge is 2.35. The minimum Gasteiger partial charge on any atom is -0.465 e. The lowest BCUT2D eigenvalue weighted by atomic mass is 10.1.